The molecule has 1 saturated heterocycles. The Morgan fingerprint density at radius 3 is 2.45 bits per heavy atom. The number of hydrogen-bond acceptors (Lipinski definition) is 5. The van der Waals surface area contributed by atoms with Crippen LogP contribution in [0.2, 0.25) is 0 Å². The molecule has 1 N–H and O–H groups in total. The average molecular weight is 599 g/mol. The van der Waals surface area contributed by atoms with Crippen LogP contribution in [0, 0.1) is 5.92 Å². The van der Waals surface area contributed by atoms with Gasteiger partial charge in [0.25, 0.3) is 5.91 Å². The van der Waals surface area contributed by atoms with Crippen LogP contribution in [0.15, 0.2) is 76.1 Å². The van der Waals surface area contributed by atoms with Gasteiger partial charge in [-0.15, -0.1) is 0 Å². The number of halogens is 1. The Balaban J connectivity index is 1.28. The number of benzene rings is 3. The van der Waals surface area contributed by atoms with E-state index in [1.165, 1.54) is 4.31 Å². The summed E-state index contributed by atoms with van der Waals surface area (Å²) in [5, 5.41) is 2.95. The number of amides is 2. The molecule has 2 aliphatic rings. The lowest BCUT2D eigenvalue weighted by Gasteiger charge is -2.31. The summed E-state index contributed by atoms with van der Waals surface area (Å²) >= 11 is 3.33. The predicted molar refractivity (Wildman–Crippen MR) is 149 cm³/mol. The largest absolute Gasteiger partial charge is 0.497 e. The van der Waals surface area contributed by atoms with Crippen molar-refractivity contribution < 1.29 is 22.7 Å². The normalized spacial score (nSPS) is 17.6. The minimum Gasteiger partial charge on any atom is -0.497 e. The topological polar surface area (TPSA) is 96.0 Å². The number of nitrogens with one attached hydrogen (secondary N) is 1. The quantitative estimate of drug-likeness (QED) is 0.444. The minimum atomic E-state index is -3.69. The number of methoxy groups -OCH3 is 1. The van der Waals surface area contributed by atoms with Gasteiger partial charge in [-0.2, -0.15) is 4.31 Å². The summed E-state index contributed by atoms with van der Waals surface area (Å²) in [6, 6.07) is 19.1. The number of carbonyl (C=O) groups excluding carboxylic acids is 2. The molecule has 0 spiro atoms. The number of hydrogen-bond donors (Lipinski definition) is 1. The van der Waals surface area contributed by atoms with Gasteiger partial charge in [0.05, 0.1) is 17.9 Å². The van der Waals surface area contributed by atoms with Crippen LogP contribution in [0.25, 0.3) is 0 Å². The highest BCUT2D eigenvalue weighted by molar-refractivity contribution is 9.10. The SMILES string of the molecule is COc1ccc(C(=O)N2CCc3ccc(NC(=O)[C@H]4CCCN(S(=O)(=O)c5ccc(Br)cc5)C4)cc32)cc1. The Morgan fingerprint density at radius 2 is 1.74 bits per heavy atom. The van der Waals surface area contributed by atoms with Gasteiger partial charge < -0.3 is 15.0 Å². The van der Waals surface area contributed by atoms with Gasteiger partial charge in [0, 0.05) is 41.0 Å². The van der Waals surface area contributed by atoms with E-state index in [1.54, 1.807) is 60.5 Å². The summed E-state index contributed by atoms with van der Waals surface area (Å²) in [7, 11) is -2.11. The number of rotatable bonds is 6. The first kappa shape index (κ1) is 26.4. The summed E-state index contributed by atoms with van der Waals surface area (Å²) in [6.07, 6.45) is 1.93. The van der Waals surface area contributed by atoms with Crippen LogP contribution in [0.4, 0.5) is 11.4 Å². The van der Waals surface area contributed by atoms with Crippen LogP contribution < -0.4 is 15.0 Å². The monoisotopic (exact) mass is 597 g/mol. The molecule has 2 amide bonds. The second-order valence-electron chi connectivity index (χ2n) is 9.42. The first-order chi connectivity index (χ1) is 18.3. The van der Waals surface area contributed by atoms with Crippen molar-refractivity contribution in [3.05, 3.63) is 82.3 Å². The molecule has 3 aromatic rings. The van der Waals surface area contributed by atoms with Gasteiger partial charge in [-0.25, -0.2) is 8.42 Å². The molecule has 5 rings (SSSR count). The van der Waals surface area contributed by atoms with Crippen molar-refractivity contribution in [2.75, 3.05) is 37.0 Å². The molecule has 0 radical (unpaired) electrons. The van der Waals surface area contributed by atoms with E-state index in [4.69, 9.17) is 4.74 Å². The summed E-state index contributed by atoms with van der Waals surface area (Å²) in [6.45, 7) is 1.06. The molecule has 10 heteroatoms. The number of anilines is 2. The van der Waals surface area contributed by atoms with Gasteiger partial charge in [-0.05, 0) is 85.5 Å². The Morgan fingerprint density at radius 1 is 1.00 bits per heavy atom. The fraction of sp³-hybridized carbons (Fsp3) is 0.286. The van der Waals surface area contributed by atoms with E-state index in [2.05, 4.69) is 21.2 Å². The highest BCUT2D eigenvalue weighted by Gasteiger charge is 2.34. The zero-order valence-corrected chi connectivity index (χ0v) is 23.3. The van der Waals surface area contributed by atoms with Gasteiger partial charge >= 0.3 is 0 Å². The van der Waals surface area contributed by atoms with Gasteiger partial charge in [0.1, 0.15) is 5.75 Å². The lowest BCUT2D eigenvalue weighted by molar-refractivity contribution is -0.120. The second kappa shape index (κ2) is 10.9. The Kier molecular flexibility index (Phi) is 7.56. The van der Waals surface area contributed by atoms with Crippen LogP contribution >= 0.6 is 15.9 Å². The third kappa shape index (κ3) is 5.34. The fourth-order valence-corrected chi connectivity index (χ4v) is 6.72. The third-order valence-electron chi connectivity index (χ3n) is 7.04. The Hall–Kier alpha value is -3.21. The van der Waals surface area contributed by atoms with Gasteiger partial charge in [0.15, 0.2) is 0 Å². The number of fused-ring (bicyclic) bond motifs is 1. The summed E-state index contributed by atoms with van der Waals surface area (Å²) in [5.74, 6) is -0.138. The zero-order chi connectivity index (χ0) is 26.9. The van der Waals surface area contributed by atoms with Crippen molar-refractivity contribution in [2.24, 2.45) is 5.92 Å². The van der Waals surface area contributed by atoms with Crippen molar-refractivity contribution >= 4 is 49.1 Å². The number of nitrogens with zero attached hydrogens (tertiary/aromatic N) is 2. The molecule has 2 aliphatic heterocycles. The van der Waals surface area contributed by atoms with Crippen molar-refractivity contribution in [1.29, 1.82) is 0 Å². The van der Waals surface area contributed by atoms with Crippen LogP contribution in [0.3, 0.4) is 0 Å². The molecule has 0 aromatic heterocycles. The highest BCUT2D eigenvalue weighted by Crippen LogP contribution is 2.33. The first-order valence-electron chi connectivity index (χ1n) is 12.4. The number of sulfonamides is 1. The van der Waals surface area contributed by atoms with Crippen molar-refractivity contribution in [2.45, 2.75) is 24.2 Å². The van der Waals surface area contributed by atoms with Crippen LogP contribution in [-0.4, -0.2) is 51.3 Å². The maximum absolute atomic E-state index is 13.2. The number of carbonyl (C=O) groups is 2. The maximum atomic E-state index is 13.2. The lowest BCUT2D eigenvalue weighted by Crippen LogP contribution is -2.43. The van der Waals surface area contributed by atoms with E-state index in [9.17, 15) is 18.0 Å². The van der Waals surface area contributed by atoms with Crippen molar-refractivity contribution in [1.82, 2.24) is 4.31 Å². The van der Waals surface area contributed by atoms with E-state index in [-0.39, 0.29) is 23.3 Å². The smallest absolute Gasteiger partial charge is 0.258 e. The molecular formula is C28H28BrN3O5S. The molecule has 2 heterocycles. The average Bonchev–Trinajstić information content (AvgIpc) is 3.36. The van der Waals surface area contributed by atoms with Crippen molar-refractivity contribution in [3.63, 3.8) is 0 Å². The maximum Gasteiger partial charge on any atom is 0.258 e. The first-order valence-corrected chi connectivity index (χ1v) is 14.6. The molecule has 8 nitrogen and oxygen atoms in total. The van der Waals surface area contributed by atoms with Crippen LogP contribution in [0.5, 0.6) is 5.75 Å². The standard InChI is InChI=1S/C28H28BrN3O5S/c1-37-24-10-5-20(6-11-24)28(34)32-16-14-19-4-9-23(17-26(19)32)30-27(33)21-3-2-15-31(18-21)38(35,36)25-12-7-22(29)8-13-25/h4-13,17,21H,2-3,14-16,18H2,1H3,(H,30,33)/t21-/m0/s1. The molecule has 0 bridgehead atoms. The molecule has 38 heavy (non-hydrogen) atoms. The summed E-state index contributed by atoms with van der Waals surface area (Å²) < 4.78 is 33.7. The highest BCUT2D eigenvalue weighted by atomic mass is 79.9. The molecule has 1 fully saturated rings. The fourth-order valence-electron chi connectivity index (χ4n) is 4.93. The summed E-state index contributed by atoms with van der Waals surface area (Å²) in [5.41, 5.74) is 2.94. The molecule has 0 unspecified atom stereocenters. The van der Waals surface area contributed by atoms with E-state index in [0.29, 0.717) is 42.9 Å². The molecular weight excluding hydrogens is 570 g/mol. The third-order valence-corrected chi connectivity index (χ3v) is 9.44. The second-order valence-corrected chi connectivity index (χ2v) is 12.3. The number of piperidine rings is 1. The number of ether oxygens (including phenoxy) is 1. The molecule has 0 saturated carbocycles. The van der Waals surface area contributed by atoms with E-state index >= 15 is 0 Å². The molecule has 0 aliphatic carbocycles. The van der Waals surface area contributed by atoms with Gasteiger partial charge in [-0.1, -0.05) is 22.0 Å². The lowest BCUT2D eigenvalue weighted by atomic mass is 9.98. The van der Waals surface area contributed by atoms with Gasteiger partial charge in [0.2, 0.25) is 15.9 Å². The zero-order valence-electron chi connectivity index (χ0n) is 20.9. The van der Waals surface area contributed by atoms with Crippen LogP contribution in [0.1, 0.15) is 28.8 Å². The molecule has 3 aromatic carbocycles. The van der Waals surface area contributed by atoms with Crippen LogP contribution in [-0.2, 0) is 21.2 Å². The van der Waals surface area contributed by atoms with Crippen molar-refractivity contribution in [3.8, 4) is 5.75 Å². The predicted octanol–water partition coefficient (Wildman–Crippen LogP) is 4.70. The molecule has 198 valence electrons. The molecule has 1 atom stereocenters. The summed E-state index contributed by atoms with van der Waals surface area (Å²) in [4.78, 5) is 28.3. The Bertz CT molecular complexity index is 1460. The van der Waals surface area contributed by atoms with Gasteiger partial charge in [-0.3, -0.25) is 9.59 Å². The Labute approximate surface area is 230 Å². The van der Waals surface area contributed by atoms with E-state index < -0.39 is 15.9 Å². The van der Waals surface area contributed by atoms with E-state index in [1.807, 2.05) is 18.2 Å². The van der Waals surface area contributed by atoms with E-state index in [0.717, 1.165) is 22.1 Å². The minimum absolute atomic E-state index is 0.115.